The van der Waals surface area contributed by atoms with Crippen molar-refractivity contribution in [2.24, 2.45) is 5.41 Å². The summed E-state index contributed by atoms with van der Waals surface area (Å²) >= 11 is 3.49. The Labute approximate surface area is 180 Å². The lowest BCUT2D eigenvalue weighted by atomic mass is 9.72. The van der Waals surface area contributed by atoms with Gasteiger partial charge in [0, 0.05) is 32.4 Å². The summed E-state index contributed by atoms with van der Waals surface area (Å²) in [5, 5.41) is 0. The van der Waals surface area contributed by atoms with E-state index in [-0.39, 0.29) is 0 Å². The van der Waals surface area contributed by atoms with Crippen LogP contribution in [0.4, 0.5) is 5.82 Å². The maximum atomic E-state index is 4.85. The molecule has 0 N–H and O–H groups in total. The standard InChI is InChI=1S/C23H26BrN5/c24-21-14-18(6-10-25-21)16-28-11-3-7-23(17-28)8-12-29(13-9-23)22-15-26-19-4-1-2-5-20(19)27-22/h1-2,4-6,10,14-15H,3,7-9,11-13,16-17H2. The van der Waals surface area contributed by atoms with Crippen molar-refractivity contribution in [3.63, 3.8) is 0 Å². The van der Waals surface area contributed by atoms with Crippen LogP contribution in [0.5, 0.6) is 0 Å². The van der Waals surface area contributed by atoms with E-state index in [0.717, 1.165) is 41.1 Å². The topological polar surface area (TPSA) is 45.2 Å². The molecule has 0 aliphatic carbocycles. The average molecular weight is 452 g/mol. The van der Waals surface area contributed by atoms with E-state index < -0.39 is 0 Å². The number of para-hydroxylation sites is 2. The molecule has 4 heterocycles. The smallest absolute Gasteiger partial charge is 0.147 e. The summed E-state index contributed by atoms with van der Waals surface area (Å²) in [5.41, 5.74) is 3.74. The number of aromatic nitrogens is 3. The Balaban J connectivity index is 1.25. The molecule has 2 aliphatic rings. The van der Waals surface area contributed by atoms with Crippen LogP contribution in [0.15, 0.2) is 53.4 Å². The second kappa shape index (κ2) is 8.00. The van der Waals surface area contributed by atoms with Gasteiger partial charge in [-0.3, -0.25) is 9.88 Å². The summed E-state index contributed by atoms with van der Waals surface area (Å²) in [6.07, 6.45) is 8.94. The fourth-order valence-electron chi connectivity index (χ4n) is 4.96. The molecule has 150 valence electrons. The molecule has 0 atom stereocenters. The number of fused-ring (bicyclic) bond motifs is 1. The first-order valence-corrected chi connectivity index (χ1v) is 11.3. The Morgan fingerprint density at radius 3 is 2.62 bits per heavy atom. The molecule has 29 heavy (non-hydrogen) atoms. The Hall–Kier alpha value is -2.05. The molecule has 0 amide bonds. The van der Waals surface area contributed by atoms with E-state index in [1.165, 1.54) is 44.3 Å². The lowest BCUT2D eigenvalue weighted by molar-refractivity contribution is 0.0604. The van der Waals surface area contributed by atoms with Crippen molar-refractivity contribution in [2.45, 2.75) is 32.2 Å². The molecular formula is C23H26BrN5. The molecule has 0 unspecified atom stereocenters. The first-order valence-electron chi connectivity index (χ1n) is 10.5. The first kappa shape index (κ1) is 18.9. The van der Waals surface area contributed by atoms with Gasteiger partial charge in [-0.25, -0.2) is 9.97 Å². The highest BCUT2D eigenvalue weighted by Gasteiger charge is 2.38. The lowest BCUT2D eigenvalue weighted by Gasteiger charge is -2.48. The number of halogens is 1. The zero-order valence-corrected chi connectivity index (χ0v) is 18.2. The Kier molecular flexibility index (Phi) is 5.22. The molecule has 0 saturated carbocycles. The highest BCUT2D eigenvalue weighted by atomic mass is 79.9. The van der Waals surface area contributed by atoms with Gasteiger partial charge in [-0.15, -0.1) is 0 Å². The minimum Gasteiger partial charge on any atom is -0.355 e. The summed E-state index contributed by atoms with van der Waals surface area (Å²) in [6.45, 7) is 5.55. The third-order valence-electron chi connectivity index (χ3n) is 6.52. The predicted molar refractivity (Wildman–Crippen MR) is 120 cm³/mol. The van der Waals surface area contributed by atoms with Crippen molar-refractivity contribution < 1.29 is 0 Å². The van der Waals surface area contributed by atoms with Crippen LogP contribution in [0.3, 0.4) is 0 Å². The van der Waals surface area contributed by atoms with Crippen LogP contribution in [-0.4, -0.2) is 46.0 Å². The van der Waals surface area contributed by atoms with Gasteiger partial charge in [-0.1, -0.05) is 12.1 Å². The van der Waals surface area contributed by atoms with E-state index in [9.17, 15) is 0 Å². The van der Waals surface area contributed by atoms with Crippen molar-refractivity contribution in [2.75, 3.05) is 31.1 Å². The van der Waals surface area contributed by atoms with Crippen molar-refractivity contribution in [3.8, 4) is 0 Å². The summed E-state index contributed by atoms with van der Waals surface area (Å²) in [7, 11) is 0. The molecule has 2 aromatic heterocycles. The molecule has 5 rings (SSSR count). The number of hydrogen-bond acceptors (Lipinski definition) is 5. The largest absolute Gasteiger partial charge is 0.355 e. The molecule has 0 radical (unpaired) electrons. The number of piperidine rings is 2. The van der Waals surface area contributed by atoms with Gasteiger partial charge in [0.25, 0.3) is 0 Å². The van der Waals surface area contributed by atoms with E-state index in [0.29, 0.717) is 5.41 Å². The number of anilines is 1. The van der Waals surface area contributed by atoms with Crippen LogP contribution in [0.2, 0.25) is 0 Å². The van der Waals surface area contributed by atoms with Gasteiger partial charge >= 0.3 is 0 Å². The van der Waals surface area contributed by atoms with Crippen molar-refractivity contribution in [1.29, 1.82) is 0 Å². The van der Waals surface area contributed by atoms with Crippen molar-refractivity contribution >= 4 is 32.8 Å². The van der Waals surface area contributed by atoms with Gasteiger partial charge in [0.2, 0.25) is 0 Å². The van der Waals surface area contributed by atoms with Gasteiger partial charge in [-0.05, 0) is 83.4 Å². The van der Waals surface area contributed by atoms with Crippen molar-refractivity contribution in [1.82, 2.24) is 19.9 Å². The van der Waals surface area contributed by atoms with Crippen LogP contribution in [0.25, 0.3) is 11.0 Å². The van der Waals surface area contributed by atoms with Gasteiger partial charge < -0.3 is 4.90 Å². The number of rotatable bonds is 3. The molecule has 2 aliphatic heterocycles. The second-order valence-electron chi connectivity index (χ2n) is 8.50. The zero-order valence-electron chi connectivity index (χ0n) is 16.6. The lowest BCUT2D eigenvalue weighted by Crippen LogP contribution is -2.49. The summed E-state index contributed by atoms with van der Waals surface area (Å²) in [5.74, 6) is 1.02. The molecule has 3 aromatic rings. The molecule has 2 fully saturated rings. The summed E-state index contributed by atoms with van der Waals surface area (Å²) in [6, 6.07) is 12.4. The number of hydrogen-bond donors (Lipinski definition) is 0. The number of nitrogens with zero attached hydrogens (tertiary/aromatic N) is 5. The third kappa shape index (κ3) is 4.14. The summed E-state index contributed by atoms with van der Waals surface area (Å²) in [4.78, 5) is 18.8. The molecule has 1 spiro atoms. The van der Waals surface area contributed by atoms with E-state index in [1.807, 2.05) is 36.7 Å². The minimum atomic E-state index is 0.448. The normalized spacial score (nSPS) is 19.7. The Morgan fingerprint density at radius 1 is 0.966 bits per heavy atom. The Bertz CT molecular complexity index is 999. The quantitative estimate of drug-likeness (QED) is 0.541. The fraction of sp³-hybridized carbons (Fsp3) is 0.435. The summed E-state index contributed by atoms with van der Waals surface area (Å²) < 4.78 is 0.923. The van der Waals surface area contributed by atoms with Crippen LogP contribution in [0, 0.1) is 5.41 Å². The average Bonchev–Trinajstić information content (AvgIpc) is 2.74. The van der Waals surface area contributed by atoms with E-state index in [1.54, 1.807) is 0 Å². The second-order valence-corrected chi connectivity index (χ2v) is 9.32. The minimum absolute atomic E-state index is 0.448. The van der Waals surface area contributed by atoms with Crippen LogP contribution in [-0.2, 0) is 6.54 Å². The predicted octanol–water partition coefficient (Wildman–Crippen LogP) is 4.67. The molecule has 6 heteroatoms. The van der Waals surface area contributed by atoms with Crippen LogP contribution >= 0.6 is 15.9 Å². The van der Waals surface area contributed by atoms with Gasteiger partial charge in [0.1, 0.15) is 10.4 Å². The molecule has 2 saturated heterocycles. The molecule has 0 bridgehead atoms. The fourth-order valence-corrected chi connectivity index (χ4v) is 5.37. The van der Waals surface area contributed by atoms with Gasteiger partial charge in [0.15, 0.2) is 0 Å². The van der Waals surface area contributed by atoms with E-state index >= 15 is 0 Å². The SMILES string of the molecule is Brc1cc(CN2CCCC3(CCN(c4cnc5ccccc5n4)CC3)C2)ccn1. The van der Waals surface area contributed by atoms with Gasteiger partial charge in [0.05, 0.1) is 17.2 Å². The van der Waals surface area contributed by atoms with E-state index in [2.05, 4.69) is 47.8 Å². The first-order chi connectivity index (χ1) is 14.2. The van der Waals surface area contributed by atoms with Gasteiger partial charge in [-0.2, -0.15) is 0 Å². The number of pyridine rings is 1. The Morgan fingerprint density at radius 2 is 1.79 bits per heavy atom. The maximum Gasteiger partial charge on any atom is 0.147 e. The third-order valence-corrected chi connectivity index (χ3v) is 6.96. The number of likely N-dealkylation sites (tertiary alicyclic amines) is 1. The molecular weight excluding hydrogens is 426 g/mol. The van der Waals surface area contributed by atoms with Crippen molar-refractivity contribution in [3.05, 3.63) is 59.0 Å². The zero-order chi connectivity index (χ0) is 19.7. The maximum absolute atomic E-state index is 4.85. The highest BCUT2D eigenvalue weighted by molar-refractivity contribution is 9.10. The number of benzene rings is 1. The molecule has 1 aromatic carbocycles. The monoisotopic (exact) mass is 451 g/mol. The van der Waals surface area contributed by atoms with Crippen LogP contribution in [0.1, 0.15) is 31.2 Å². The molecule has 5 nitrogen and oxygen atoms in total. The highest BCUT2D eigenvalue weighted by Crippen LogP contribution is 2.41. The van der Waals surface area contributed by atoms with Crippen LogP contribution < -0.4 is 4.90 Å². The van der Waals surface area contributed by atoms with E-state index in [4.69, 9.17) is 4.98 Å².